The van der Waals surface area contributed by atoms with Crippen molar-refractivity contribution in [3.8, 4) is 0 Å². The normalized spacial score (nSPS) is 9.92. The smallest absolute Gasteiger partial charge is 0.227 e. The standard InChI is InChI=1S/C7H13N5/c1-5-10-6(2)12-7(11-5)9-4-8-3/h8H,4H2,1-3H3,(H,9,10,11,12). The van der Waals surface area contributed by atoms with Crippen LogP contribution in [0.3, 0.4) is 0 Å². The van der Waals surface area contributed by atoms with Gasteiger partial charge in [0.05, 0.1) is 6.67 Å². The zero-order valence-electron chi connectivity index (χ0n) is 7.55. The van der Waals surface area contributed by atoms with E-state index in [1.807, 2.05) is 20.9 Å². The third kappa shape index (κ3) is 2.43. The molecule has 1 aromatic rings. The molecule has 0 bridgehead atoms. The van der Waals surface area contributed by atoms with Gasteiger partial charge in [-0.2, -0.15) is 9.97 Å². The Morgan fingerprint density at radius 1 is 1.08 bits per heavy atom. The fraction of sp³-hybridized carbons (Fsp3) is 0.571. The van der Waals surface area contributed by atoms with Crippen LogP contribution in [0.25, 0.3) is 0 Å². The first-order chi connectivity index (χ1) is 5.72. The number of anilines is 1. The quantitative estimate of drug-likeness (QED) is 0.624. The van der Waals surface area contributed by atoms with Gasteiger partial charge in [0.1, 0.15) is 11.6 Å². The highest BCUT2D eigenvalue weighted by Crippen LogP contribution is 1.97. The van der Waals surface area contributed by atoms with Gasteiger partial charge in [0.25, 0.3) is 0 Å². The van der Waals surface area contributed by atoms with E-state index in [9.17, 15) is 0 Å². The second-order valence-electron chi connectivity index (χ2n) is 2.46. The lowest BCUT2D eigenvalue weighted by molar-refractivity contribution is 0.840. The molecule has 12 heavy (non-hydrogen) atoms. The predicted molar refractivity (Wildman–Crippen MR) is 46.9 cm³/mol. The molecule has 66 valence electrons. The van der Waals surface area contributed by atoms with Crippen LogP contribution in [0.2, 0.25) is 0 Å². The number of rotatable bonds is 3. The third-order valence-corrected chi connectivity index (χ3v) is 1.28. The second kappa shape index (κ2) is 3.96. The van der Waals surface area contributed by atoms with Crippen molar-refractivity contribution in [3.05, 3.63) is 11.6 Å². The molecule has 0 amide bonds. The molecule has 0 atom stereocenters. The molecular formula is C7H13N5. The number of hydrogen-bond donors (Lipinski definition) is 2. The van der Waals surface area contributed by atoms with Crippen LogP contribution in [-0.4, -0.2) is 28.7 Å². The van der Waals surface area contributed by atoms with Crippen LogP contribution in [0, 0.1) is 13.8 Å². The molecule has 5 nitrogen and oxygen atoms in total. The van der Waals surface area contributed by atoms with Gasteiger partial charge < -0.3 is 10.6 Å². The maximum absolute atomic E-state index is 4.10. The fourth-order valence-corrected chi connectivity index (χ4v) is 0.862. The molecule has 0 aliphatic heterocycles. The lowest BCUT2D eigenvalue weighted by atomic mass is 10.6. The van der Waals surface area contributed by atoms with Gasteiger partial charge in [-0.05, 0) is 20.9 Å². The van der Waals surface area contributed by atoms with Crippen molar-refractivity contribution in [2.75, 3.05) is 19.0 Å². The predicted octanol–water partition coefficient (Wildman–Crippen LogP) is 0.0772. The van der Waals surface area contributed by atoms with Crippen molar-refractivity contribution in [2.45, 2.75) is 13.8 Å². The highest BCUT2D eigenvalue weighted by Gasteiger charge is 1.97. The van der Waals surface area contributed by atoms with Gasteiger partial charge in [0.15, 0.2) is 0 Å². The first-order valence-electron chi connectivity index (χ1n) is 3.80. The minimum Gasteiger partial charge on any atom is -0.342 e. The Bertz CT molecular complexity index is 240. The minimum atomic E-state index is 0.620. The largest absolute Gasteiger partial charge is 0.342 e. The van der Waals surface area contributed by atoms with E-state index >= 15 is 0 Å². The molecule has 0 aliphatic carbocycles. The van der Waals surface area contributed by atoms with Gasteiger partial charge in [-0.1, -0.05) is 0 Å². The first-order valence-corrected chi connectivity index (χ1v) is 3.80. The summed E-state index contributed by atoms with van der Waals surface area (Å²) in [6.45, 7) is 4.35. The van der Waals surface area contributed by atoms with Crippen molar-refractivity contribution >= 4 is 5.95 Å². The molecular weight excluding hydrogens is 154 g/mol. The van der Waals surface area contributed by atoms with E-state index in [1.165, 1.54) is 0 Å². The van der Waals surface area contributed by atoms with Crippen molar-refractivity contribution in [1.82, 2.24) is 20.3 Å². The number of aromatic nitrogens is 3. The molecule has 0 spiro atoms. The molecule has 0 saturated heterocycles. The Hall–Kier alpha value is -1.23. The minimum absolute atomic E-state index is 0.620. The first kappa shape index (κ1) is 8.86. The number of nitrogens with zero attached hydrogens (tertiary/aromatic N) is 3. The average Bonchev–Trinajstić information content (AvgIpc) is 1.99. The van der Waals surface area contributed by atoms with Gasteiger partial charge in [-0.25, -0.2) is 4.98 Å². The molecule has 1 heterocycles. The molecule has 0 saturated carbocycles. The molecule has 1 aromatic heterocycles. The van der Waals surface area contributed by atoms with Crippen LogP contribution >= 0.6 is 0 Å². The Morgan fingerprint density at radius 3 is 2.17 bits per heavy atom. The summed E-state index contributed by atoms with van der Waals surface area (Å²) >= 11 is 0. The molecule has 0 aliphatic rings. The summed E-state index contributed by atoms with van der Waals surface area (Å²) in [6.07, 6.45) is 0. The Labute approximate surface area is 71.6 Å². The Morgan fingerprint density at radius 2 is 1.67 bits per heavy atom. The fourth-order valence-electron chi connectivity index (χ4n) is 0.862. The van der Waals surface area contributed by atoms with Crippen LogP contribution in [-0.2, 0) is 0 Å². The number of hydrogen-bond acceptors (Lipinski definition) is 5. The van der Waals surface area contributed by atoms with Crippen molar-refractivity contribution in [2.24, 2.45) is 0 Å². The van der Waals surface area contributed by atoms with Crippen molar-refractivity contribution in [1.29, 1.82) is 0 Å². The summed E-state index contributed by atoms with van der Waals surface area (Å²) in [5, 5.41) is 5.95. The summed E-state index contributed by atoms with van der Waals surface area (Å²) in [7, 11) is 1.86. The second-order valence-corrected chi connectivity index (χ2v) is 2.46. The van der Waals surface area contributed by atoms with Crippen molar-refractivity contribution < 1.29 is 0 Å². The molecule has 0 radical (unpaired) electrons. The lowest BCUT2D eigenvalue weighted by Gasteiger charge is -2.03. The van der Waals surface area contributed by atoms with E-state index in [-0.39, 0.29) is 0 Å². The molecule has 0 fully saturated rings. The zero-order chi connectivity index (χ0) is 8.97. The summed E-state index contributed by atoms with van der Waals surface area (Å²) in [4.78, 5) is 12.3. The maximum atomic E-state index is 4.10. The van der Waals surface area contributed by atoms with E-state index in [1.54, 1.807) is 0 Å². The van der Waals surface area contributed by atoms with Crippen LogP contribution in [0.1, 0.15) is 11.6 Å². The average molecular weight is 167 g/mol. The summed E-state index contributed by atoms with van der Waals surface area (Å²) in [5.74, 6) is 2.09. The van der Waals surface area contributed by atoms with E-state index in [4.69, 9.17) is 0 Å². The van der Waals surface area contributed by atoms with Gasteiger partial charge in [-0.15, -0.1) is 0 Å². The lowest BCUT2D eigenvalue weighted by Crippen LogP contribution is -2.19. The van der Waals surface area contributed by atoms with Gasteiger partial charge in [0.2, 0.25) is 5.95 Å². The van der Waals surface area contributed by atoms with E-state index in [2.05, 4.69) is 25.6 Å². The van der Waals surface area contributed by atoms with E-state index in [0.717, 1.165) is 11.6 Å². The maximum Gasteiger partial charge on any atom is 0.227 e. The van der Waals surface area contributed by atoms with Crippen LogP contribution in [0.15, 0.2) is 0 Å². The summed E-state index contributed by atoms with van der Waals surface area (Å²) in [5.41, 5.74) is 0. The molecule has 2 N–H and O–H groups in total. The van der Waals surface area contributed by atoms with Crippen LogP contribution < -0.4 is 10.6 Å². The van der Waals surface area contributed by atoms with E-state index < -0.39 is 0 Å². The molecule has 0 unspecified atom stereocenters. The summed E-state index contributed by atoms with van der Waals surface area (Å²) < 4.78 is 0. The van der Waals surface area contributed by atoms with Crippen LogP contribution in [0.5, 0.6) is 0 Å². The van der Waals surface area contributed by atoms with Gasteiger partial charge in [-0.3, -0.25) is 0 Å². The Kier molecular flexibility index (Phi) is 2.93. The highest BCUT2D eigenvalue weighted by atomic mass is 15.2. The monoisotopic (exact) mass is 167 g/mol. The SMILES string of the molecule is CNCNc1nc(C)nc(C)n1. The highest BCUT2D eigenvalue weighted by molar-refractivity contribution is 5.23. The molecule has 5 heteroatoms. The summed E-state index contributed by atoms with van der Waals surface area (Å²) in [6, 6.07) is 0. The zero-order valence-corrected chi connectivity index (χ0v) is 7.55. The third-order valence-electron chi connectivity index (χ3n) is 1.28. The van der Waals surface area contributed by atoms with Crippen molar-refractivity contribution in [3.63, 3.8) is 0 Å². The van der Waals surface area contributed by atoms with Gasteiger partial charge in [0, 0.05) is 0 Å². The molecule has 0 aromatic carbocycles. The van der Waals surface area contributed by atoms with E-state index in [0.29, 0.717) is 12.6 Å². The Balaban J connectivity index is 2.72. The molecule has 1 rings (SSSR count). The van der Waals surface area contributed by atoms with Gasteiger partial charge >= 0.3 is 0 Å². The van der Waals surface area contributed by atoms with Crippen LogP contribution in [0.4, 0.5) is 5.95 Å². The topological polar surface area (TPSA) is 62.7 Å². The number of nitrogens with one attached hydrogen (secondary N) is 2. The number of aryl methyl sites for hydroxylation is 2.